The SMILES string of the molecule is Cc1cc(C(=O)CCC(=O)OCc2coc(-c3cccs3)n2)c(C)s1. The van der Waals surface area contributed by atoms with Crippen LogP contribution in [0.4, 0.5) is 0 Å². The molecule has 0 aromatic carbocycles. The molecule has 3 aromatic heterocycles. The van der Waals surface area contributed by atoms with E-state index in [0.29, 0.717) is 17.1 Å². The zero-order valence-electron chi connectivity index (χ0n) is 13.9. The molecule has 0 radical (unpaired) electrons. The van der Waals surface area contributed by atoms with Gasteiger partial charge in [-0.1, -0.05) is 6.07 Å². The fraction of sp³-hybridized carbons (Fsp3) is 0.278. The largest absolute Gasteiger partial charge is 0.459 e. The lowest BCUT2D eigenvalue weighted by Crippen LogP contribution is -2.08. The third kappa shape index (κ3) is 4.43. The highest BCUT2D eigenvalue weighted by Crippen LogP contribution is 2.24. The molecular formula is C18H17NO4S2. The molecule has 0 aliphatic carbocycles. The van der Waals surface area contributed by atoms with Gasteiger partial charge in [-0.25, -0.2) is 4.98 Å². The van der Waals surface area contributed by atoms with Gasteiger partial charge in [0.05, 0.1) is 11.3 Å². The average molecular weight is 375 g/mol. The number of aryl methyl sites for hydroxylation is 2. The van der Waals surface area contributed by atoms with Gasteiger partial charge in [0.2, 0.25) is 5.89 Å². The summed E-state index contributed by atoms with van der Waals surface area (Å²) in [6.07, 6.45) is 1.68. The zero-order chi connectivity index (χ0) is 17.8. The number of carbonyl (C=O) groups is 2. The molecule has 0 spiro atoms. The lowest BCUT2D eigenvalue weighted by Gasteiger charge is -2.02. The van der Waals surface area contributed by atoms with Crippen LogP contribution < -0.4 is 0 Å². The first kappa shape index (κ1) is 17.6. The van der Waals surface area contributed by atoms with E-state index >= 15 is 0 Å². The summed E-state index contributed by atoms with van der Waals surface area (Å²) >= 11 is 3.11. The van der Waals surface area contributed by atoms with E-state index in [9.17, 15) is 9.59 Å². The number of nitrogens with zero attached hydrogens (tertiary/aromatic N) is 1. The lowest BCUT2D eigenvalue weighted by atomic mass is 10.1. The fourth-order valence-electron chi connectivity index (χ4n) is 2.37. The second-order valence-corrected chi connectivity index (χ2v) is 7.94. The van der Waals surface area contributed by atoms with Crippen molar-refractivity contribution in [1.29, 1.82) is 0 Å². The number of oxazole rings is 1. The summed E-state index contributed by atoms with van der Waals surface area (Å²) in [5.41, 5.74) is 1.25. The summed E-state index contributed by atoms with van der Waals surface area (Å²) in [6, 6.07) is 5.69. The van der Waals surface area contributed by atoms with Crippen LogP contribution in [0.25, 0.3) is 10.8 Å². The maximum atomic E-state index is 12.2. The van der Waals surface area contributed by atoms with Crippen LogP contribution in [0.15, 0.2) is 34.3 Å². The van der Waals surface area contributed by atoms with Crippen molar-refractivity contribution >= 4 is 34.4 Å². The maximum absolute atomic E-state index is 12.2. The summed E-state index contributed by atoms with van der Waals surface area (Å²) in [5.74, 6) is 0.0679. The number of thiophene rings is 2. The Labute approximate surface area is 153 Å². The van der Waals surface area contributed by atoms with Gasteiger partial charge < -0.3 is 9.15 Å². The molecule has 0 saturated carbocycles. The first-order chi connectivity index (χ1) is 12.0. The molecule has 3 aromatic rings. The molecule has 5 nitrogen and oxygen atoms in total. The van der Waals surface area contributed by atoms with Gasteiger partial charge in [-0.15, -0.1) is 22.7 Å². The Kier molecular flexibility index (Phi) is 5.45. The van der Waals surface area contributed by atoms with E-state index in [1.165, 1.54) is 17.6 Å². The van der Waals surface area contributed by atoms with E-state index in [-0.39, 0.29) is 25.2 Å². The molecular weight excluding hydrogens is 358 g/mol. The Morgan fingerprint density at radius 3 is 2.80 bits per heavy atom. The van der Waals surface area contributed by atoms with E-state index in [1.807, 2.05) is 37.4 Å². The number of aromatic nitrogens is 1. The van der Waals surface area contributed by atoms with Crippen LogP contribution in [0.1, 0.15) is 38.6 Å². The highest BCUT2D eigenvalue weighted by atomic mass is 32.1. The quantitative estimate of drug-likeness (QED) is 0.439. The predicted octanol–water partition coefficient (Wildman–Crippen LogP) is 4.79. The minimum atomic E-state index is -0.418. The molecule has 0 saturated heterocycles. The zero-order valence-corrected chi connectivity index (χ0v) is 15.5. The van der Waals surface area contributed by atoms with Gasteiger partial charge in [-0.3, -0.25) is 9.59 Å². The van der Waals surface area contributed by atoms with E-state index < -0.39 is 5.97 Å². The highest BCUT2D eigenvalue weighted by Gasteiger charge is 2.15. The number of hydrogen-bond donors (Lipinski definition) is 0. The maximum Gasteiger partial charge on any atom is 0.306 e. The van der Waals surface area contributed by atoms with E-state index in [4.69, 9.17) is 9.15 Å². The van der Waals surface area contributed by atoms with Crippen LogP contribution in [0.5, 0.6) is 0 Å². The molecule has 0 fully saturated rings. The third-order valence-electron chi connectivity index (χ3n) is 3.56. The van der Waals surface area contributed by atoms with Crippen LogP contribution in [-0.4, -0.2) is 16.7 Å². The van der Waals surface area contributed by atoms with E-state index in [1.54, 1.807) is 11.3 Å². The normalized spacial score (nSPS) is 10.8. The molecule has 0 amide bonds. The van der Waals surface area contributed by atoms with Crippen molar-refractivity contribution in [3.8, 4) is 10.8 Å². The first-order valence-corrected chi connectivity index (χ1v) is 9.46. The molecule has 0 atom stereocenters. The summed E-state index contributed by atoms with van der Waals surface area (Å²) in [6.45, 7) is 3.92. The van der Waals surface area contributed by atoms with Gasteiger partial charge in [0, 0.05) is 21.7 Å². The highest BCUT2D eigenvalue weighted by molar-refractivity contribution is 7.13. The van der Waals surface area contributed by atoms with Crippen LogP contribution in [0, 0.1) is 13.8 Å². The van der Waals surface area contributed by atoms with Crippen LogP contribution >= 0.6 is 22.7 Å². The monoisotopic (exact) mass is 375 g/mol. The van der Waals surface area contributed by atoms with Gasteiger partial charge >= 0.3 is 5.97 Å². The van der Waals surface area contributed by atoms with Crippen LogP contribution in [0.2, 0.25) is 0 Å². The van der Waals surface area contributed by atoms with Crippen LogP contribution in [0.3, 0.4) is 0 Å². The fourth-order valence-corrected chi connectivity index (χ4v) is 3.97. The summed E-state index contributed by atoms with van der Waals surface area (Å²) in [5, 5.41) is 1.94. The minimum Gasteiger partial charge on any atom is -0.459 e. The number of rotatable bonds is 7. The van der Waals surface area contributed by atoms with Gasteiger partial charge in [-0.05, 0) is 31.4 Å². The van der Waals surface area contributed by atoms with Gasteiger partial charge in [0.15, 0.2) is 5.78 Å². The standard InChI is InChI=1S/C18H17NO4S2/c1-11-8-14(12(2)25-11)15(20)5-6-17(21)22-9-13-10-23-18(19-13)16-4-3-7-24-16/h3-4,7-8,10H,5-6,9H2,1-2H3. The molecule has 0 aliphatic heterocycles. The van der Waals surface area contributed by atoms with Crippen molar-refractivity contribution in [3.05, 3.63) is 50.9 Å². The predicted molar refractivity (Wildman–Crippen MR) is 97.0 cm³/mol. The second kappa shape index (κ2) is 7.76. The second-order valence-electron chi connectivity index (χ2n) is 5.53. The number of hydrogen-bond acceptors (Lipinski definition) is 7. The molecule has 0 N–H and O–H groups in total. The third-order valence-corrected chi connectivity index (χ3v) is 5.39. The van der Waals surface area contributed by atoms with Crippen molar-refractivity contribution in [3.63, 3.8) is 0 Å². The smallest absolute Gasteiger partial charge is 0.306 e. The lowest BCUT2D eigenvalue weighted by molar-refractivity contribution is -0.145. The van der Waals surface area contributed by atoms with E-state index in [0.717, 1.165) is 14.6 Å². The van der Waals surface area contributed by atoms with Gasteiger partial charge in [0.1, 0.15) is 18.6 Å². The van der Waals surface area contributed by atoms with Crippen molar-refractivity contribution in [1.82, 2.24) is 4.98 Å². The summed E-state index contributed by atoms with van der Waals surface area (Å²) in [7, 11) is 0. The van der Waals surface area contributed by atoms with Crippen molar-refractivity contribution in [2.45, 2.75) is 33.3 Å². The Morgan fingerprint density at radius 1 is 1.28 bits per heavy atom. The Bertz CT molecular complexity index is 877. The van der Waals surface area contributed by atoms with Crippen molar-refractivity contribution in [2.24, 2.45) is 0 Å². The number of ketones is 1. The number of ether oxygens (including phenoxy) is 1. The molecule has 0 bridgehead atoms. The molecule has 3 heterocycles. The number of Topliss-reactive ketones (excluding diaryl/α,β-unsaturated/α-hetero) is 1. The van der Waals surface area contributed by atoms with Crippen molar-refractivity contribution < 1.29 is 18.7 Å². The first-order valence-electron chi connectivity index (χ1n) is 7.77. The summed E-state index contributed by atoms with van der Waals surface area (Å²) in [4.78, 5) is 31.3. The molecule has 7 heteroatoms. The molecule has 3 rings (SSSR count). The van der Waals surface area contributed by atoms with Crippen molar-refractivity contribution in [2.75, 3.05) is 0 Å². The Hall–Kier alpha value is -2.25. The molecule has 25 heavy (non-hydrogen) atoms. The number of carbonyl (C=O) groups excluding carboxylic acids is 2. The van der Waals surface area contributed by atoms with E-state index in [2.05, 4.69) is 4.98 Å². The topological polar surface area (TPSA) is 69.4 Å². The Morgan fingerprint density at radius 2 is 2.12 bits per heavy atom. The molecule has 130 valence electrons. The molecule has 0 unspecified atom stereocenters. The summed E-state index contributed by atoms with van der Waals surface area (Å²) < 4.78 is 10.5. The number of esters is 1. The van der Waals surface area contributed by atoms with Gasteiger partial charge in [0.25, 0.3) is 0 Å². The average Bonchev–Trinajstić information content (AvgIpc) is 3.31. The molecule has 0 aliphatic rings. The van der Waals surface area contributed by atoms with Crippen LogP contribution in [-0.2, 0) is 16.1 Å². The minimum absolute atomic E-state index is 0.0276. The Balaban J connectivity index is 1.47. The van der Waals surface area contributed by atoms with Gasteiger partial charge in [-0.2, -0.15) is 0 Å².